The van der Waals surface area contributed by atoms with E-state index < -0.39 is 0 Å². The number of nitrogens with two attached hydrogens (primary N) is 1. The number of aryl methyl sites for hydroxylation is 1. The van der Waals surface area contributed by atoms with Crippen molar-refractivity contribution in [1.29, 1.82) is 0 Å². The first kappa shape index (κ1) is 12.5. The summed E-state index contributed by atoms with van der Waals surface area (Å²) in [5.41, 5.74) is 7.98. The molecule has 0 unspecified atom stereocenters. The molecule has 1 fully saturated rings. The van der Waals surface area contributed by atoms with Crippen molar-refractivity contribution in [3.8, 4) is 0 Å². The van der Waals surface area contributed by atoms with E-state index in [2.05, 4.69) is 40.9 Å². The highest BCUT2D eigenvalue weighted by atomic mass is 15.1. The van der Waals surface area contributed by atoms with Crippen molar-refractivity contribution in [2.24, 2.45) is 5.92 Å². The topological polar surface area (TPSA) is 34.2 Å². The van der Waals surface area contributed by atoms with Gasteiger partial charge < -0.3 is 15.2 Å². The molecule has 0 aliphatic carbocycles. The van der Waals surface area contributed by atoms with Gasteiger partial charge >= 0.3 is 0 Å². The van der Waals surface area contributed by atoms with E-state index >= 15 is 0 Å². The fraction of sp³-hybridized carbons (Fsp3) is 0.500. The van der Waals surface area contributed by atoms with Crippen molar-refractivity contribution in [2.45, 2.75) is 25.8 Å². The number of aromatic nitrogens is 1. The van der Waals surface area contributed by atoms with E-state index in [0.717, 1.165) is 18.2 Å². The van der Waals surface area contributed by atoms with Gasteiger partial charge in [-0.2, -0.15) is 0 Å². The van der Waals surface area contributed by atoms with Crippen molar-refractivity contribution in [2.75, 3.05) is 25.9 Å². The van der Waals surface area contributed by atoms with E-state index in [1.807, 2.05) is 6.07 Å². The highest BCUT2D eigenvalue weighted by Crippen LogP contribution is 2.23. The van der Waals surface area contributed by atoms with Gasteiger partial charge in [0.25, 0.3) is 0 Å². The predicted octanol–water partition coefficient (Wildman–Crippen LogP) is 2.96. The Labute approximate surface area is 115 Å². The van der Waals surface area contributed by atoms with Gasteiger partial charge in [-0.25, -0.2) is 0 Å². The second kappa shape index (κ2) is 5.25. The van der Waals surface area contributed by atoms with E-state index in [0.29, 0.717) is 0 Å². The minimum atomic E-state index is 0.848. The Morgan fingerprint density at radius 3 is 2.79 bits per heavy atom. The molecule has 2 aromatic rings. The van der Waals surface area contributed by atoms with Crippen molar-refractivity contribution < 1.29 is 0 Å². The van der Waals surface area contributed by atoms with Crippen LogP contribution in [0, 0.1) is 5.92 Å². The van der Waals surface area contributed by atoms with Crippen LogP contribution < -0.4 is 5.73 Å². The monoisotopic (exact) mass is 257 g/mol. The van der Waals surface area contributed by atoms with Gasteiger partial charge in [0.15, 0.2) is 0 Å². The lowest BCUT2D eigenvalue weighted by Crippen LogP contribution is -2.30. The zero-order valence-corrected chi connectivity index (χ0v) is 11.7. The average Bonchev–Trinajstić information content (AvgIpc) is 2.80. The van der Waals surface area contributed by atoms with Crippen LogP contribution >= 0.6 is 0 Å². The van der Waals surface area contributed by atoms with Crippen LogP contribution in [0.3, 0.4) is 0 Å². The number of hydrogen-bond acceptors (Lipinski definition) is 2. The first-order chi connectivity index (χ1) is 9.22. The molecule has 0 saturated carbocycles. The summed E-state index contributed by atoms with van der Waals surface area (Å²) in [7, 11) is 2.22. The second-order valence-electron chi connectivity index (χ2n) is 5.86. The highest BCUT2D eigenvalue weighted by Gasteiger charge is 2.16. The molecule has 0 atom stereocenters. The van der Waals surface area contributed by atoms with Gasteiger partial charge in [-0.05, 0) is 69.6 Å². The SMILES string of the molecule is CN1CCC(CCn2ccc3cc(N)ccc32)CC1. The molecule has 3 rings (SSSR count). The normalized spacial score (nSPS) is 18.2. The van der Waals surface area contributed by atoms with Crippen molar-refractivity contribution in [3.63, 3.8) is 0 Å². The summed E-state index contributed by atoms with van der Waals surface area (Å²) < 4.78 is 2.37. The first-order valence-electron chi connectivity index (χ1n) is 7.25. The van der Waals surface area contributed by atoms with Crippen LogP contribution in [0.2, 0.25) is 0 Å². The van der Waals surface area contributed by atoms with Crippen LogP contribution in [-0.4, -0.2) is 29.6 Å². The van der Waals surface area contributed by atoms with Crippen molar-refractivity contribution >= 4 is 16.6 Å². The Morgan fingerprint density at radius 2 is 2.00 bits per heavy atom. The lowest BCUT2D eigenvalue weighted by atomic mass is 9.94. The Kier molecular flexibility index (Phi) is 3.47. The zero-order valence-electron chi connectivity index (χ0n) is 11.7. The summed E-state index contributed by atoms with van der Waals surface area (Å²) in [6.45, 7) is 3.64. The molecule has 3 nitrogen and oxygen atoms in total. The van der Waals surface area contributed by atoms with Gasteiger partial charge in [0, 0.05) is 29.3 Å². The van der Waals surface area contributed by atoms with E-state index in [-0.39, 0.29) is 0 Å². The molecule has 19 heavy (non-hydrogen) atoms. The van der Waals surface area contributed by atoms with Crippen molar-refractivity contribution in [3.05, 3.63) is 30.5 Å². The van der Waals surface area contributed by atoms with Gasteiger partial charge in [0.05, 0.1) is 0 Å². The molecule has 0 bridgehead atoms. The van der Waals surface area contributed by atoms with Crippen LogP contribution in [0.15, 0.2) is 30.5 Å². The Bertz CT molecular complexity index is 550. The lowest BCUT2D eigenvalue weighted by molar-refractivity contribution is 0.208. The zero-order chi connectivity index (χ0) is 13.2. The fourth-order valence-electron chi connectivity index (χ4n) is 3.09. The molecule has 3 heteroatoms. The molecule has 1 aromatic carbocycles. The molecule has 2 heterocycles. The maximum atomic E-state index is 5.82. The molecule has 1 saturated heterocycles. The molecule has 1 aliphatic rings. The van der Waals surface area contributed by atoms with Gasteiger partial charge in [-0.15, -0.1) is 0 Å². The molecule has 102 valence electrons. The summed E-state index contributed by atoms with van der Waals surface area (Å²) in [4.78, 5) is 2.43. The van der Waals surface area contributed by atoms with Gasteiger partial charge in [-0.1, -0.05) is 0 Å². The first-order valence-corrected chi connectivity index (χ1v) is 7.25. The third-order valence-electron chi connectivity index (χ3n) is 4.41. The largest absolute Gasteiger partial charge is 0.399 e. The minimum absolute atomic E-state index is 0.848. The van der Waals surface area contributed by atoms with Crippen LogP contribution in [0.5, 0.6) is 0 Å². The number of nitrogens with zero attached hydrogens (tertiary/aromatic N) is 2. The van der Waals surface area contributed by atoms with E-state index in [4.69, 9.17) is 5.73 Å². The van der Waals surface area contributed by atoms with Gasteiger partial charge in [-0.3, -0.25) is 0 Å². The predicted molar refractivity (Wildman–Crippen MR) is 81.2 cm³/mol. The fourth-order valence-corrected chi connectivity index (χ4v) is 3.09. The molecule has 0 amide bonds. The van der Waals surface area contributed by atoms with E-state index in [9.17, 15) is 0 Å². The van der Waals surface area contributed by atoms with Crippen molar-refractivity contribution in [1.82, 2.24) is 9.47 Å². The van der Waals surface area contributed by atoms with E-state index in [1.54, 1.807) is 0 Å². The molecule has 2 N–H and O–H groups in total. The average molecular weight is 257 g/mol. The Hall–Kier alpha value is -1.48. The Morgan fingerprint density at radius 1 is 1.21 bits per heavy atom. The number of benzene rings is 1. The second-order valence-corrected chi connectivity index (χ2v) is 5.86. The molecule has 1 aliphatic heterocycles. The smallest absolute Gasteiger partial charge is 0.0481 e. The third-order valence-corrected chi connectivity index (χ3v) is 4.41. The number of likely N-dealkylation sites (tertiary alicyclic amines) is 1. The summed E-state index contributed by atoms with van der Waals surface area (Å²) in [6, 6.07) is 8.36. The van der Waals surface area contributed by atoms with Crippen LogP contribution in [0.1, 0.15) is 19.3 Å². The Balaban J connectivity index is 1.65. The van der Waals surface area contributed by atoms with Crippen LogP contribution in [0.4, 0.5) is 5.69 Å². The number of fused-ring (bicyclic) bond motifs is 1. The molecule has 1 aromatic heterocycles. The van der Waals surface area contributed by atoms with Crippen LogP contribution in [-0.2, 0) is 6.54 Å². The minimum Gasteiger partial charge on any atom is -0.399 e. The standard InChI is InChI=1S/C16H23N3/c1-18-8-4-13(5-9-18)6-10-19-11-7-14-12-15(17)2-3-16(14)19/h2-3,7,11-13H,4-6,8-10,17H2,1H3. The van der Waals surface area contributed by atoms with Gasteiger partial charge in [0.1, 0.15) is 0 Å². The third kappa shape index (κ3) is 2.76. The molecular formula is C16H23N3. The number of nitrogen functional groups attached to an aromatic ring is 1. The number of rotatable bonds is 3. The molecular weight excluding hydrogens is 234 g/mol. The summed E-state index contributed by atoms with van der Waals surface area (Å²) in [6.07, 6.45) is 6.19. The summed E-state index contributed by atoms with van der Waals surface area (Å²) in [5.74, 6) is 0.891. The lowest BCUT2D eigenvalue weighted by Gasteiger charge is -2.29. The molecule has 0 radical (unpaired) electrons. The number of anilines is 1. The van der Waals surface area contributed by atoms with E-state index in [1.165, 1.54) is 43.3 Å². The van der Waals surface area contributed by atoms with Crippen LogP contribution in [0.25, 0.3) is 10.9 Å². The maximum absolute atomic E-state index is 5.82. The number of hydrogen-bond donors (Lipinski definition) is 1. The quantitative estimate of drug-likeness (QED) is 0.858. The van der Waals surface area contributed by atoms with Gasteiger partial charge in [0.2, 0.25) is 0 Å². The molecule has 0 spiro atoms. The maximum Gasteiger partial charge on any atom is 0.0481 e. The summed E-state index contributed by atoms with van der Waals surface area (Å²) >= 11 is 0. The summed E-state index contributed by atoms with van der Waals surface area (Å²) in [5, 5.41) is 1.25. The highest BCUT2D eigenvalue weighted by molar-refractivity contribution is 5.83. The number of piperidine rings is 1.